The van der Waals surface area contributed by atoms with Gasteiger partial charge in [0.05, 0.1) is 17.5 Å². The molecule has 0 spiro atoms. The van der Waals surface area contributed by atoms with Crippen molar-refractivity contribution >= 4 is 21.6 Å². The van der Waals surface area contributed by atoms with Gasteiger partial charge in [-0.2, -0.15) is 4.31 Å². The first-order valence-electron chi connectivity index (χ1n) is 5.76. The second kappa shape index (κ2) is 5.57. The molecule has 100 valence electrons. The van der Waals surface area contributed by atoms with Gasteiger partial charge in [0.1, 0.15) is 0 Å². The predicted molar refractivity (Wildman–Crippen MR) is 70.2 cm³/mol. The van der Waals surface area contributed by atoms with E-state index < -0.39 is 10.0 Å². The van der Waals surface area contributed by atoms with E-state index in [1.165, 1.54) is 4.31 Å². The van der Waals surface area contributed by atoms with Crippen molar-refractivity contribution in [2.24, 2.45) is 0 Å². The van der Waals surface area contributed by atoms with Crippen LogP contribution in [-0.4, -0.2) is 39.0 Å². The standard InChI is InChI=1S/C12H16ClNO3S/c1-14(11-5-6-17-9-11)18(15,16)12-4-2-3-10(7-12)8-13/h2-4,7,11H,5-6,8-9H2,1H3. The first-order chi connectivity index (χ1) is 8.55. The molecule has 6 heteroatoms. The fourth-order valence-electron chi connectivity index (χ4n) is 1.96. The first-order valence-corrected chi connectivity index (χ1v) is 7.74. The molecule has 1 unspecified atom stereocenters. The third-order valence-electron chi connectivity index (χ3n) is 3.15. The number of alkyl halides is 1. The number of nitrogens with zero attached hydrogens (tertiary/aromatic N) is 1. The lowest BCUT2D eigenvalue weighted by molar-refractivity contribution is 0.181. The minimum absolute atomic E-state index is 0.0744. The second-order valence-electron chi connectivity index (χ2n) is 4.32. The van der Waals surface area contributed by atoms with Crippen LogP contribution < -0.4 is 0 Å². The highest BCUT2D eigenvalue weighted by Crippen LogP contribution is 2.21. The number of hydrogen-bond donors (Lipinski definition) is 0. The fourth-order valence-corrected chi connectivity index (χ4v) is 3.57. The van der Waals surface area contributed by atoms with Gasteiger partial charge in [-0.3, -0.25) is 0 Å². The third kappa shape index (κ3) is 2.69. The van der Waals surface area contributed by atoms with Gasteiger partial charge < -0.3 is 4.74 Å². The summed E-state index contributed by atoms with van der Waals surface area (Å²) in [5.41, 5.74) is 0.800. The first kappa shape index (κ1) is 13.8. The van der Waals surface area contributed by atoms with Gasteiger partial charge in [0, 0.05) is 19.5 Å². The lowest BCUT2D eigenvalue weighted by atomic mass is 10.2. The molecule has 0 radical (unpaired) electrons. The van der Waals surface area contributed by atoms with Gasteiger partial charge in [-0.1, -0.05) is 12.1 Å². The van der Waals surface area contributed by atoms with Crippen LogP contribution in [0.25, 0.3) is 0 Å². The van der Waals surface area contributed by atoms with Crippen LogP contribution in [0, 0.1) is 0 Å². The van der Waals surface area contributed by atoms with E-state index in [1.54, 1.807) is 25.2 Å². The van der Waals surface area contributed by atoms with Gasteiger partial charge in [0.2, 0.25) is 10.0 Å². The van der Waals surface area contributed by atoms with Crippen LogP contribution in [0.3, 0.4) is 0 Å². The molecule has 1 atom stereocenters. The summed E-state index contributed by atoms with van der Waals surface area (Å²) in [7, 11) is -1.86. The molecular formula is C12H16ClNO3S. The molecule has 0 saturated carbocycles. The monoisotopic (exact) mass is 289 g/mol. The van der Waals surface area contributed by atoms with E-state index in [4.69, 9.17) is 16.3 Å². The summed E-state index contributed by atoms with van der Waals surface area (Å²) in [5.74, 6) is 0.305. The van der Waals surface area contributed by atoms with Crippen molar-refractivity contribution in [1.29, 1.82) is 0 Å². The SMILES string of the molecule is CN(C1CCOC1)S(=O)(=O)c1cccc(CCl)c1. The lowest BCUT2D eigenvalue weighted by Crippen LogP contribution is -2.37. The van der Waals surface area contributed by atoms with E-state index in [2.05, 4.69) is 0 Å². The minimum atomic E-state index is -3.46. The van der Waals surface area contributed by atoms with Crippen molar-refractivity contribution in [2.45, 2.75) is 23.2 Å². The zero-order valence-corrected chi connectivity index (χ0v) is 11.7. The van der Waals surface area contributed by atoms with Crippen molar-refractivity contribution in [3.63, 3.8) is 0 Å². The molecule has 0 bridgehead atoms. The molecule has 1 aliphatic rings. The largest absolute Gasteiger partial charge is 0.380 e. The highest BCUT2D eigenvalue weighted by atomic mass is 35.5. The van der Waals surface area contributed by atoms with Gasteiger partial charge in [-0.05, 0) is 24.1 Å². The summed E-state index contributed by atoms with van der Waals surface area (Å²) in [6.45, 7) is 1.08. The maximum Gasteiger partial charge on any atom is 0.243 e. The Balaban J connectivity index is 2.28. The number of likely N-dealkylation sites (N-methyl/N-ethyl adjacent to an activating group) is 1. The second-order valence-corrected chi connectivity index (χ2v) is 6.58. The number of halogens is 1. The zero-order chi connectivity index (χ0) is 13.2. The molecule has 1 aliphatic heterocycles. The minimum Gasteiger partial charge on any atom is -0.380 e. The van der Waals surface area contributed by atoms with Gasteiger partial charge in [0.15, 0.2) is 0 Å². The fraction of sp³-hybridized carbons (Fsp3) is 0.500. The molecule has 1 heterocycles. The van der Waals surface area contributed by atoms with Crippen molar-refractivity contribution in [2.75, 3.05) is 20.3 Å². The van der Waals surface area contributed by atoms with Gasteiger partial charge in [-0.25, -0.2) is 8.42 Å². The molecule has 1 fully saturated rings. The van der Waals surface area contributed by atoms with E-state index >= 15 is 0 Å². The van der Waals surface area contributed by atoms with Crippen molar-refractivity contribution < 1.29 is 13.2 Å². The smallest absolute Gasteiger partial charge is 0.243 e. The number of sulfonamides is 1. The predicted octanol–water partition coefficient (Wildman–Crippen LogP) is 1.83. The number of hydrogen-bond acceptors (Lipinski definition) is 3. The Morgan fingerprint density at radius 3 is 2.89 bits per heavy atom. The molecule has 0 amide bonds. The Morgan fingerprint density at radius 2 is 2.28 bits per heavy atom. The quantitative estimate of drug-likeness (QED) is 0.795. The summed E-state index contributed by atoms with van der Waals surface area (Å²) in [4.78, 5) is 0.287. The number of rotatable bonds is 4. The summed E-state index contributed by atoms with van der Waals surface area (Å²) in [6.07, 6.45) is 0.741. The molecule has 1 saturated heterocycles. The summed E-state index contributed by atoms with van der Waals surface area (Å²) < 4.78 is 31.5. The molecular weight excluding hydrogens is 274 g/mol. The van der Waals surface area contributed by atoms with Crippen LogP contribution in [0.2, 0.25) is 0 Å². The Kier molecular flexibility index (Phi) is 4.27. The van der Waals surface area contributed by atoms with Crippen molar-refractivity contribution in [1.82, 2.24) is 4.31 Å². The topological polar surface area (TPSA) is 46.6 Å². The number of ether oxygens (including phenoxy) is 1. The molecule has 1 aromatic rings. The van der Waals surface area contributed by atoms with Crippen LogP contribution in [0.1, 0.15) is 12.0 Å². The third-order valence-corrected chi connectivity index (χ3v) is 5.36. The molecule has 4 nitrogen and oxygen atoms in total. The molecule has 0 aliphatic carbocycles. The van der Waals surface area contributed by atoms with E-state index in [9.17, 15) is 8.42 Å². The van der Waals surface area contributed by atoms with Crippen LogP contribution in [0.15, 0.2) is 29.2 Å². The maximum atomic E-state index is 12.4. The van der Waals surface area contributed by atoms with Crippen LogP contribution in [-0.2, 0) is 20.6 Å². The Bertz CT molecular complexity index is 512. The molecule has 18 heavy (non-hydrogen) atoms. The molecule has 1 aromatic carbocycles. The normalized spacial score (nSPS) is 20.5. The average molecular weight is 290 g/mol. The van der Waals surface area contributed by atoms with Crippen molar-refractivity contribution in [3.8, 4) is 0 Å². The average Bonchev–Trinajstić information content (AvgIpc) is 2.91. The van der Waals surface area contributed by atoms with Crippen LogP contribution >= 0.6 is 11.6 Å². The summed E-state index contributed by atoms with van der Waals surface area (Å²) in [6, 6.07) is 6.66. The Labute approximate surface area is 113 Å². The number of benzene rings is 1. The Morgan fingerprint density at radius 1 is 1.50 bits per heavy atom. The van der Waals surface area contributed by atoms with Crippen LogP contribution in [0.5, 0.6) is 0 Å². The molecule has 0 aromatic heterocycles. The summed E-state index contributed by atoms with van der Waals surface area (Å²) in [5, 5.41) is 0. The highest BCUT2D eigenvalue weighted by molar-refractivity contribution is 7.89. The van der Waals surface area contributed by atoms with Gasteiger partial charge >= 0.3 is 0 Å². The zero-order valence-electron chi connectivity index (χ0n) is 10.2. The van der Waals surface area contributed by atoms with E-state index in [-0.39, 0.29) is 10.9 Å². The lowest BCUT2D eigenvalue weighted by Gasteiger charge is -2.22. The van der Waals surface area contributed by atoms with Gasteiger partial charge in [0.25, 0.3) is 0 Å². The van der Waals surface area contributed by atoms with E-state index in [1.807, 2.05) is 6.07 Å². The molecule has 0 N–H and O–H groups in total. The van der Waals surface area contributed by atoms with Crippen molar-refractivity contribution in [3.05, 3.63) is 29.8 Å². The highest BCUT2D eigenvalue weighted by Gasteiger charge is 2.30. The Hall–Kier alpha value is -0.620. The molecule has 2 rings (SSSR count). The van der Waals surface area contributed by atoms with Crippen LogP contribution in [0.4, 0.5) is 0 Å². The maximum absolute atomic E-state index is 12.4. The van der Waals surface area contributed by atoms with E-state index in [0.717, 1.165) is 12.0 Å². The van der Waals surface area contributed by atoms with Gasteiger partial charge in [-0.15, -0.1) is 11.6 Å². The summed E-state index contributed by atoms with van der Waals surface area (Å²) >= 11 is 5.73. The van der Waals surface area contributed by atoms with E-state index in [0.29, 0.717) is 19.1 Å².